The number of aromatic nitrogens is 1. The van der Waals surface area contributed by atoms with Crippen LogP contribution in [-0.4, -0.2) is 80.2 Å². The van der Waals surface area contributed by atoms with Crippen molar-refractivity contribution < 1.29 is 9.53 Å². The summed E-state index contributed by atoms with van der Waals surface area (Å²) in [5.74, 6) is 0.139. The molecule has 2 aromatic heterocycles. The first-order valence-electron chi connectivity index (χ1n) is 9.08. The van der Waals surface area contributed by atoms with Crippen molar-refractivity contribution in [3.63, 3.8) is 0 Å². The van der Waals surface area contributed by atoms with Gasteiger partial charge in [0, 0.05) is 51.0 Å². The Labute approximate surface area is 158 Å². The van der Waals surface area contributed by atoms with Crippen LogP contribution in [0.1, 0.15) is 9.67 Å². The molecule has 7 heteroatoms. The first-order valence-corrected chi connectivity index (χ1v) is 9.90. The Kier molecular flexibility index (Phi) is 5.19. The summed E-state index contributed by atoms with van der Waals surface area (Å²) in [6.45, 7) is 6.59. The molecule has 2 saturated heterocycles. The summed E-state index contributed by atoms with van der Waals surface area (Å²) in [6.07, 6.45) is 1.80. The van der Waals surface area contributed by atoms with Crippen LogP contribution in [0.3, 0.4) is 0 Å². The largest absolute Gasteiger partial charge is 0.378 e. The highest BCUT2D eigenvalue weighted by Gasteiger charge is 2.26. The summed E-state index contributed by atoms with van der Waals surface area (Å²) in [7, 11) is 2.10. The van der Waals surface area contributed by atoms with E-state index in [1.165, 1.54) is 0 Å². The fraction of sp³-hybridized carbons (Fsp3) is 0.474. The van der Waals surface area contributed by atoms with Gasteiger partial charge in [-0.1, -0.05) is 6.07 Å². The lowest BCUT2D eigenvalue weighted by Crippen LogP contribution is -2.46. The lowest BCUT2D eigenvalue weighted by molar-refractivity contribution is 0.0669. The number of morpholine rings is 1. The molecule has 138 valence electrons. The van der Waals surface area contributed by atoms with Gasteiger partial charge in [0.25, 0.3) is 5.91 Å². The molecule has 0 atom stereocenters. The minimum absolute atomic E-state index is 0.139. The molecule has 0 saturated carbocycles. The number of thiophene rings is 1. The number of nitrogens with zero attached hydrogens (tertiary/aromatic N) is 4. The smallest absolute Gasteiger partial charge is 0.264 e. The van der Waals surface area contributed by atoms with Gasteiger partial charge in [0.15, 0.2) is 0 Å². The van der Waals surface area contributed by atoms with Gasteiger partial charge in [0.05, 0.1) is 23.8 Å². The number of hydrogen-bond acceptors (Lipinski definition) is 6. The fourth-order valence-electron chi connectivity index (χ4n) is 3.36. The van der Waals surface area contributed by atoms with Crippen molar-refractivity contribution >= 4 is 22.2 Å². The number of carbonyl (C=O) groups is 1. The highest BCUT2D eigenvalue weighted by Crippen LogP contribution is 2.39. The number of rotatable bonds is 3. The second kappa shape index (κ2) is 7.73. The van der Waals surface area contributed by atoms with E-state index >= 15 is 0 Å². The van der Waals surface area contributed by atoms with Gasteiger partial charge in [-0.3, -0.25) is 9.78 Å². The maximum absolute atomic E-state index is 13.0. The van der Waals surface area contributed by atoms with Crippen molar-refractivity contribution in [3.05, 3.63) is 35.3 Å². The van der Waals surface area contributed by atoms with E-state index < -0.39 is 0 Å². The van der Waals surface area contributed by atoms with Gasteiger partial charge in [-0.15, -0.1) is 11.3 Å². The van der Waals surface area contributed by atoms with Crippen LogP contribution < -0.4 is 4.90 Å². The quantitative estimate of drug-likeness (QED) is 0.825. The molecular weight excluding hydrogens is 348 g/mol. The number of likely N-dealkylation sites (N-methyl/N-ethyl adjacent to an activating group) is 1. The summed E-state index contributed by atoms with van der Waals surface area (Å²) < 4.78 is 5.49. The molecule has 4 heterocycles. The van der Waals surface area contributed by atoms with Crippen molar-refractivity contribution in [2.75, 3.05) is 64.4 Å². The molecule has 0 aliphatic carbocycles. The highest BCUT2D eigenvalue weighted by atomic mass is 32.1. The zero-order chi connectivity index (χ0) is 17.9. The standard InChI is InChI=1S/C19H24N4O2S/c1-21-6-8-22(9-7-21)18(24)17-14-15(16-4-2-3-5-20-16)19(26-17)23-10-12-25-13-11-23/h2-5,14H,6-13H2,1H3. The molecular formula is C19H24N4O2S. The van der Waals surface area contributed by atoms with Crippen LogP contribution in [-0.2, 0) is 4.74 Å². The van der Waals surface area contributed by atoms with E-state index in [0.717, 1.165) is 73.6 Å². The highest BCUT2D eigenvalue weighted by molar-refractivity contribution is 7.18. The zero-order valence-corrected chi connectivity index (χ0v) is 15.9. The van der Waals surface area contributed by atoms with Crippen LogP contribution in [0.15, 0.2) is 30.5 Å². The van der Waals surface area contributed by atoms with E-state index in [2.05, 4.69) is 21.8 Å². The Morgan fingerprint density at radius 3 is 2.58 bits per heavy atom. The van der Waals surface area contributed by atoms with Gasteiger partial charge in [-0.25, -0.2) is 0 Å². The van der Waals surface area contributed by atoms with E-state index in [1.807, 2.05) is 29.2 Å². The van der Waals surface area contributed by atoms with Gasteiger partial charge in [-0.2, -0.15) is 0 Å². The molecule has 0 N–H and O–H groups in total. The Hall–Kier alpha value is -1.96. The van der Waals surface area contributed by atoms with Gasteiger partial charge in [-0.05, 0) is 25.2 Å². The summed E-state index contributed by atoms with van der Waals surface area (Å²) in [5.41, 5.74) is 1.97. The molecule has 0 aromatic carbocycles. The molecule has 2 fully saturated rings. The molecule has 26 heavy (non-hydrogen) atoms. The molecule has 4 rings (SSSR count). The number of carbonyl (C=O) groups excluding carboxylic acids is 1. The second-order valence-corrected chi connectivity index (χ2v) is 7.77. The summed E-state index contributed by atoms with van der Waals surface area (Å²) >= 11 is 1.59. The molecule has 0 spiro atoms. The predicted octanol–water partition coefficient (Wildman–Crippen LogP) is 2.03. The summed E-state index contributed by atoms with van der Waals surface area (Å²) in [5, 5.41) is 1.13. The summed E-state index contributed by atoms with van der Waals surface area (Å²) in [6, 6.07) is 7.94. The topological polar surface area (TPSA) is 48.9 Å². The average molecular weight is 372 g/mol. The molecule has 2 aliphatic heterocycles. The van der Waals surface area contributed by atoms with Gasteiger partial charge in [0.2, 0.25) is 0 Å². The molecule has 2 aromatic rings. The van der Waals surface area contributed by atoms with Crippen LogP contribution in [0.4, 0.5) is 5.00 Å². The van der Waals surface area contributed by atoms with E-state index in [0.29, 0.717) is 0 Å². The Bertz CT molecular complexity index is 750. The van der Waals surface area contributed by atoms with Crippen LogP contribution in [0.25, 0.3) is 11.3 Å². The normalized spacial score (nSPS) is 19.0. The maximum atomic E-state index is 13.0. The lowest BCUT2D eigenvalue weighted by atomic mass is 10.1. The van der Waals surface area contributed by atoms with Gasteiger partial charge >= 0.3 is 0 Å². The van der Waals surface area contributed by atoms with E-state index in [9.17, 15) is 4.79 Å². The fourth-order valence-corrected chi connectivity index (χ4v) is 4.55. The Balaban J connectivity index is 1.65. The Morgan fingerprint density at radius 1 is 1.12 bits per heavy atom. The molecule has 0 unspecified atom stereocenters. The maximum Gasteiger partial charge on any atom is 0.264 e. The average Bonchev–Trinajstić information content (AvgIpc) is 3.15. The van der Waals surface area contributed by atoms with Crippen LogP contribution in [0.2, 0.25) is 0 Å². The molecule has 1 amide bonds. The number of hydrogen-bond donors (Lipinski definition) is 0. The third kappa shape index (κ3) is 3.60. The summed E-state index contributed by atoms with van der Waals surface area (Å²) in [4.78, 5) is 24.9. The number of anilines is 1. The third-order valence-electron chi connectivity index (χ3n) is 4.95. The van der Waals surface area contributed by atoms with Crippen LogP contribution >= 0.6 is 11.3 Å². The Morgan fingerprint density at radius 2 is 1.88 bits per heavy atom. The van der Waals surface area contributed by atoms with Gasteiger partial charge < -0.3 is 19.4 Å². The lowest BCUT2D eigenvalue weighted by Gasteiger charge is -2.32. The first-order chi connectivity index (χ1) is 12.7. The monoisotopic (exact) mass is 372 g/mol. The van der Waals surface area contributed by atoms with Crippen LogP contribution in [0.5, 0.6) is 0 Å². The second-order valence-electron chi connectivity index (χ2n) is 6.74. The van der Waals surface area contributed by atoms with Crippen molar-refractivity contribution in [2.24, 2.45) is 0 Å². The predicted molar refractivity (Wildman–Crippen MR) is 104 cm³/mol. The third-order valence-corrected chi connectivity index (χ3v) is 6.14. The molecule has 0 bridgehead atoms. The number of piperazine rings is 1. The SMILES string of the molecule is CN1CCN(C(=O)c2cc(-c3ccccn3)c(N3CCOCC3)s2)CC1. The first kappa shape index (κ1) is 17.5. The number of amides is 1. The van der Waals surface area contributed by atoms with Gasteiger partial charge in [0.1, 0.15) is 5.00 Å². The molecule has 0 radical (unpaired) electrons. The van der Waals surface area contributed by atoms with Crippen molar-refractivity contribution in [1.82, 2.24) is 14.8 Å². The minimum Gasteiger partial charge on any atom is -0.378 e. The van der Waals surface area contributed by atoms with Crippen molar-refractivity contribution in [1.29, 1.82) is 0 Å². The molecule has 6 nitrogen and oxygen atoms in total. The van der Waals surface area contributed by atoms with E-state index in [4.69, 9.17) is 4.74 Å². The van der Waals surface area contributed by atoms with E-state index in [-0.39, 0.29) is 5.91 Å². The number of pyridine rings is 1. The zero-order valence-electron chi connectivity index (χ0n) is 15.1. The minimum atomic E-state index is 0.139. The number of ether oxygens (including phenoxy) is 1. The van der Waals surface area contributed by atoms with Crippen molar-refractivity contribution in [2.45, 2.75) is 0 Å². The van der Waals surface area contributed by atoms with Crippen LogP contribution in [0, 0.1) is 0 Å². The van der Waals surface area contributed by atoms with E-state index in [1.54, 1.807) is 17.5 Å². The molecule has 2 aliphatic rings. The van der Waals surface area contributed by atoms with Crippen molar-refractivity contribution in [3.8, 4) is 11.3 Å².